The number of hydrogen-bond donors (Lipinski definition) is 2. The highest BCUT2D eigenvalue weighted by Gasteiger charge is 2.31. The average molecular weight is 288 g/mol. The predicted octanol–water partition coefficient (Wildman–Crippen LogP) is 2.82. The van der Waals surface area contributed by atoms with Crippen LogP contribution in [0.1, 0.15) is 44.9 Å². The summed E-state index contributed by atoms with van der Waals surface area (Å²) in [5.74, 6) is 1.66. The maximum atomic E-state index is 5.44. The van der Waals surface area contributed by atoms with Gasteiger partial charge in [0.1, 0.15) is 5.82 Å². The molecule has 21 heavy (non-hydrogen) atoms. The molecule has 0 bridgehead atoms. The van der Waals surface area contributed by atoms with Gasteiger partial charge in [0.05, 0.1) is 12.1 Å². The first-order valence-corrected chi connectivity index (χ1v) is 7.92. The van der Waals surface area contributed by atoms with Gasteiger partial charge in [-0.3, -0.25) is 0 Å². The number of nitrogens with one attached hydrogen (secondary N) is 2. The molecule has 3 rings (SSSR count). The number of imidazole rings is 1. The maximum absolute atomic E-state index is 5.44. The Hall–Kier alpha value is -1.62. The minimum atomic E-state index is 0.189. The number of pyridine rings is 1. The molecule has 0 radical (unpaired) electrons. The molecule has 1 saturated carbocycles. The van der Waals surface area contributed by atoms with Crippen LogP contribution in [0.15, 0.2) is 12.1 Å². The first kappa shape index (κ1) is 14.3. The number of rotatable bonds is 5. The van der Waals surface area contributed by atoms with Crippen molar-refractivity contribution in [2.75, 3.05) is 13.7 Å². The van der Waals surface area contributed by atoms with Crippen LogP contribution in [0.25, 0.3) is 11.2 Å². The predicted molar refractivity (Wildman–Crippen MR) is 83.6 cm³/mol. The lowest BCUT2D eigenvalue weighted by Crippen LogP contribution is -2.46. The number of fused-ring (bicyclic) bond motifs is 1. The second-order valence-electron chi connectivity index (χ2n) is 5.90. The van der Waals surface area contributed by atoms with Crippen molar-refractivity contribution in [1.82, 2.24) is 20.3 Å². The van der Waals surface area contributed by atoms with E-state index in [1.807, 2.05) is 19.1 Å². The van der Waals surface area contributed by atoms with Crippen LogP contribution in [-0.4, -0.2) is 34.1 Å². The third-order valence-electron chi connectivity index (χ3n) is 4.51. The molecule has 0 saturated heterocycles. The molecular formula is C16H24N4O. The van der Waals surface area contributed by atoms with Crippen molar-refractivity contribution in [3.63, 3.8) is 0 Å². The summed E-state index contributed by atoms with van der Waals surface area (Å²) in [4.78, 5) is 12.5. The average Bonchev–Trinajstić information content (AvgIpc) is 2.90. The van der Waals surface area contributed by atoms with E-state index >= 15 is 0 Å². The fourth-order valence-electron chi connectivity index (χ4n) is 3.30. The van der Waals surface area contributed by atoms with Crippen molar-refractivity contribution in [2.45, 2.75) is 51.0 Å². The molecule has 0 unspecified atom stereocenters. The van der Waals surface area contributed by atoms with Crippen LogP contribution < -0.4 is 10.1 Å². The fourth-order valence-corrected chi connectivity index (χ4v) is 3.30. The first-order valence-electron chi connectivity index (χ1n) is 7.92. The summed E-state index contributed by atoms with van der Waals surface area (Å²) in [6, 6.07) is 3.89. The monoisotopic (exact) mass is 288 g/mol. The second-order valence-corrected chi connectivity index (χ2v) is 5.90. The normalized spacial score (nSPS) is 18.0. The molecule has 1 aliphatic carbocycles. The highest BCUT2D eigenvalue weighted by atomic mass is 16.5. The van der Waals surface area contributed by atoms with E-state index in [0.717, 1.165) is 23.4 Å². The third kappa shape index (κ3) is 3.02. The van der Waals surface area contributed by atoms with E-state index in [0.29, 0.717) is 12.5 Å². The van der Waals surface area contributed by atoms with Crippen LogP contribution in [0, 0.1) is 0 Å². The molecule has 5 heteroatoms. The van der Waals surface area contributed by atoms with Crippen LogP contribution in [0.2, 0.25) is 0 Å². The van der Waals surface area contributed by atoms with Crippen LogP contribution in [0.3, 0.4) is 0 Å². The minimum absolute atomic E-state index is 0.189. The SMILES string of the molecule is CCOc1ccc2[nH]c(CC3(NC)CCCCC3)nc2n1. The van der Waals surface area contributed by atoms with Crippen molar-refractivity contribution in [2.24, 2.45) is 0 Å². The summed E-state index contributed by atoms with van der Waals surface area (Å²) in [6.45, 7) is 2.58. The Morgan fingerprint density at radius 1 is 1.24 bits per heavy atom. The molecule has 1 fully saturated rings. The molecule has 0 amide bonds. The van der Waals surface area contributed by atoms with E-state index < -0.39 is 0 Å². The number of hydrogen-bond acceptors (Lipinski definition) is 4. The van der Waals surface area contributed by atoms with E-state index in [-0.39, 0.29) is 5.54 Å². The van der Waals surface area contributed by atoms with Gasteiger partial charge in [-0.1, -0.05) is 19.3 Å². The molecule has 114 valence electrons. The number of H-pyrrole nitrogens is 1. The molecule has 2 heterocycles. The second kappa shape index (κ2) is 6.02. The molecule has 0 aromatic carbocycles. The van der Waals surface area contributed by atoms with E-state index in [4.69, 9.17) is 4.74 Å². The van der Waals surface area contributed by atoms with Gasteiger partial charge in [-0.25, -0.2) is 4.98 Å². The van der Waals surface area contributed by atoms with Crippen molar-refractivity contribution in [1.29, 1.82) is 0 Å². The summed E-state index contributed by atoms with van der Waals surface area (Å²) in [5, 5.41) is 3.54. The molecule has 5 nitrogen and oxygen atoms in total. The molecule has 2 aromatic heterocycles. The molecular weight excluding hydrogens is 264 g/mol. The molecule has 2 N–H and O–H groups in total. The van der Waals surface area contributed by atoms with Crippen LogP contribution in [0.5, 0.6) is 5.88 Å². The number of ether oxygens (including phenoxy) is 1. The maximum Gasteiger partial charge on any atom is 0.215 e. The highest BCUT2D eigenvalue weighted by molar-refractivity contribution is 5.71. The smallest absolute Gasteiger partial charge is 0.215 e. The van der Waals surface area contributed by atoms with Crippen molar-refractivity contribution in [3.8, 4) is 5.88 Å². The van der Waals surface area contributed by atoms with Gasteiger partial charge < -0.3 is 15.0 Å². The van der Waals surface area contributed by atoms with Gasteiger partial charge in [0, 0.05) is 18.0 Å². The Morgan fingerprint density at radius 3 is 2.76 bits per heavy atom. The van der Waals surface area contributed by atoms with Gasteiger partial charge >= 0.3 is 0 Å². The first-order chi connectivity index (χ1) is 10.2. The van der Waals surface area contributed by atoms with Gasteiger partial charge in [-0.15, -0.1) is 0 Å². The molecule has 1 aliphatic rings. The number of aromatic amines is 1. The number of likely N-dealkylation sites (N-methyl/N-ethyl adjacent to an activating group) is 1. The summed E-state index contributed by atoms with van der Waals surface area (Å²) < 4.78 is 5.44. The molecule has 0 spiro atoms. The summed E-state index contributed by atoms with van der Waals surface area (Å²) >= 11 is 0. The zero-order valence-electron chi connectivity index (χ0n) is 12.9. The number of nitrogens with zero attached hydrogens (tertiary/aromatic N) is 2. The lowest BCUT2D eigenvalue weighted by Gasteiger charge is -2.36. The number of aromatic nitrogens is 3. The Morgan fingerprint density at radius 2 is 2.05 bits per heavy atom. The zero-order valence-corrected chi connectivity index (χ0v) is 12.9. The van der Waals surface area contributed by atoms with E-state index in [9.17, 15) is 0 Å². The lowest BCUT2D eigenvalue weighted by molar-refractivity contribution is 0.241. The highest BCUT2D eigenvalue weighted by Crippen LogP contribution is 2.30. The largest absolute Gasteiger partial charge is 0.478 e. The minimum Gasteiger partial charge on any atom is -0.478 e. The Kier molecular flexibility index (Phi) is 4.10. The topological polar surface area (TPSA) is 62.8 Å². The summed E-state index contributed by atoms with van der Waals surface area (Å²) in [6.07, 6.45) is 7.32. The Balaban J connectivity index is 1.83. The van der Waals surface area contributed by atoms with Crippen molar-refractivity contribution in [3.05, 3.63) is 18.0 Å². The third-order valence-corrected chi connectivity index (χ3v) is 4.51. The van der Waals surface area contributed by atoms with E-state index in [2.05, 4.69) is 27.3 Å². The van der Waals surface area contributed by atoms with Gasteiger partial charge in [0.2, 0.25) is 5.88 Å². The molecule has 0 atom stereocenters. The summed E-state index contributed by atoms with van der Waals surface area (Å²) in [5.41, 5.74) is 1.92. The van der Waals surface area contributed by atoms with Crippen molar-refractivity contribution < 1.29 is 4.74 Å². The standard InChI is InChI=1S/C16H24N4O/c1-3-21-14-8-7-12-15(20-14)19-13(18-12)11-16(17-2)9-5-4-6-10-16/h7-8,17H,3-6,9-11H2,1-2H3,(H,18,19,20). The van der Waals surface area contributed by atoms with E-state index in [1.54, 1.807) is 0 Å². The van der Waals surface area contributed by atoms with Crippen LogP contribution in [-0.2, 0) is 6.42 Å². The van der Waals surface area contributed by atoms with E-state index in [1.165, 1.54) is 32.1 Å². The van der Waals surface area contributed by atoms with Gasteiger partial charge in [-0.05, 0) is 32.9 Å². The van der Waals surface area contributed by atoms with Crippen LogP contribution in [0.4, 0.5) is 0 Å². The Bertz CT molecular complexity index is 601. The Labute approximate surface area is 125 Å². The van der Waals surface area contributed by atoms with Crippen molar-refractivity contribution >= 4 is 11.2 Å². The van der Waals surface area contributed by atoms with Crippen LogP contribution >= 0.6 is 0 Å². The van der Waals surface area contributed by atoms with Gasteiger partial charge in [-0.2, -0.15) is 4.98 Å². The van der Waals surface area contributed by atoms with Gasteiger partial charge in [0.15, 0.2) is 5.65 Å². The van der Waals surface area contributed by atoms with Gasteiger partial charge in [0.25, 0.3) is 0 Å². The quantitative estimate of drug-likeness (QED) is 0.888. The zero-order chi connectivity index (χ0) is 14.7. The molecule has 2 aromatic rings. The lowest BCUT2D eigenvalue weighted by atomic mass is 9.79. The fraction of sp³-hybridized carbons (Fsp3) is 0.625. The molecule has 0 aliphatic heterocycles. The summed E-state index contributed by atoms with van der Waals surface area (Å²) in [7, 11) is 2.07.